The number of sulfone groups is 1. The number of allylic oxidation sites excluding steroid dienone is 2. The van der Waals surface area contributed by atoms with Crippen molar-refractivity contribution >= 4 is 31.3 Å². The van der Waals surface area contributed by atoms with Gasteiger partial charge in [-0.15, -0.1) is 0 Å². The summed E-state index contributed by atoms with van der Waals surface area (Å²) in [7, 11) is -7.56. The molecule has 0 aliphatic heterocycles. The fraction of sp³-hybridized carbons (Fsp3) is 0.520. The highest BCUT2D eigenvalue weighted by Gasteiger charge is 2.32. The van der Waals surface area contributed by atoms with Gasteiger partial charge in [-0.05, 0) is 83.2 Å². The van der Waals surface area contributed by atoms with Crippen LogP contribution in [0.4, 0.5) is 0 Å². The summed E-state index contributed by atoms with van der Waals surface area (Å²) < 4.78 is 57.5. The Morgan fingerprint density at radius 2 is 1.66 bits per heavy atom. The molecule has 0 amide bonds. The molecule has 35 heavy (non-hydrogen) atoms. The van der Waals surface area contributed by atoms with E-state index in [9.17, 15) is 21.6 Å². The molecule has 10 heteroatoms. The summed E-state index contributed by atoms with van der Waals surface area (Å²) >= 11 is 0. The van der Waals surface area contributed by atoms with E-state index in [4.69, 9.17) is 4.18 Å². The SMILES string of the molecule is CCCn1nc(C)c(C(=O)c2ccc(S(C)(=O)=O)c(C(C)=C(C)C)c2C)c1OS(=O)(=O)C(C)CC. The molecule has 1 aromatic carbocycles. The van der Waals surface area contributed by atoms with Gasteiger partial charge < -0.3 is 4.18 Å². The fourth-order valence-corrected chi connectivity index (χ4v) is 5.71. The summed E-state index contributed by atoms with van der Waals surface area (Å²) in [6.45, 7) is 14.5. The van der Waals surface area contributed by atoms with Crippen LogP contribution in [-0.2, 0) is 26.5 Å². The van der Waals surface area contributed by atoms with Gasteiger partial charge in [-0.25, -0.2) is 13.1 Å². The van der Waals surface area contributed by atoms with E-state index in [0.29, 0.717) is 36.2 Å². The molecule has 1 atom stereocenters. The maximum atomic E-state index is 13.9. The van der Waals surface area contributed by atoms with Gasteiger partial charge in [-0.1, -0.05) is 19.4 Å². The Balaban J connectivity index is 2.84. The van der Waals surface area contributed by atoms with Crippen LogP contribution in [-0.4, -0.2) is 43.9 Å². The minimum atomic E-state index is -4.00. The van der Waals surface area contributed by atoms with E-state index >= 15 is 0 Å². The Labute approximate surface area is 209 Å². The lowest BCUT2D eigenvalue weighted by molar-refractivity contribution is 0.103. The van der Waals surface area contributed by atoms with Crippen LogP contribution in [0.15, 0.2) is 22.6 Å². The number of aryl methyl sites for hydroxylation is 2. The van der Waals surface area contributed by atoms with Crippen LogP contribution >= 0.6 is 0 Å². The molecule has 0 radical (unpaired) electrons. The van der Waals surface area contributed by atoms with Crippen LogP contribution in [0.1, 0.15) is 87.1 Å². The van der Waals surface area contributed by atoms with E-state index in [-0.39, 0.29) is 21.9 Å². The van der Waals surface area contributed by atoms with Gasteiger partial charge in [0.1, 0.15) is 5.56 Å². The van der Waals surface area contributed by atoms with Crippen LogP contribution in [0.5, 0.6) is 5.88 Å². The molecule has 0 saturated heterocycles. The van der Waals surface area contributed by atoms with E-state index < -0.39 is 31.0 Å². The Hall–Kier alpha value is -2.46. The van der Waals surface area contributed by atoms with Gasteiger partial charge in [0.25, 0.3) is 0 Å². The standard InChI is InChI=1S/C25H36N2O6S2/c1-10-14-27-25(33-35(31,32)16(5)11-2)23(19(8)26-27)24(28)20-12-13-21(34(9,29)30)22(18(20)7)17(6)15(3)4/h12-13,16H,10-11,14H2,1-9H3. The number of carbonyl (C=O) groups excluding carboxylic acids is 1. The number of carbonyl (C=O) groups is 1. The maximum absolute atomic E-state index is 13.9. The lowest BCUT2D eigenvalue weighted by atomic mass is 9.91. The zero-order valence-electron chi connectivity index (χ0n) is 22.0. The lowest BCUT2D eigenvalue weighted by Crippen LogP contribution is -2.24. The topological polar surface area (TPSA) is 112 Å². The normalized spacial score (nSPS) is 12.9. The van der Waals surface area contributed by atoms with Crippen molar-refractivity contribution < 1.29 is 25.8 Å². The molecular weight excluding hydrogens is 488 g/mol. The molecule has 0 saturated carbocycles. The Morgan fingerprint density at radius 1 is 1.06 bits per heavy atom. The highest BCUT2D eigenvalue weighted by atomic mass is 32.2. The summed E-state index contributed by atoms with van der Waals surface area (Å²) in [6.07, 6.45) is 2.14. The molecule has 0 aliphatic rings. The number of rotatable bonds is 10. The van der Waals surface area contributed by atoms with Gasteiger partial charge in [0.2, 0.25) is 11.7 Å². The second-order valence-corrected chi connectivity index (χ2v) is 13.1. The smallest absolute Gasteiger partial charge is 0.313 e. The van der Waals surface area contributed by atoms with E-state index in [1.807, 2.05) is 27.7 Å². The minimum Gasteiger partial charge on any atom is -0.361 e. The summed E-state index contributed by atoms with van der Waals surface area (Å²) in [5.41, 5.74) is 3.30. The summed E-state index contributed by atoms with van der Waals surface area (Å²) in [6, 6.07) is 2.90. The molecule has 0 aliphatic carbocycles. The average molecular weight is 525 g/mol. The first-order chi connectivity index (χ1) is 16.1. The molecule has 0 spiro atoms. The van der Waals surface area contributed by atoms with Crippen molar-refractivity contribution in [3.63, 3.8) is 0 Å². The van der Waals surface area contributed by atoms with Crippen molar-refractivity contribution in [3.8, 4) is 5.88 Å². The Kier molecular flexibility index (Phi) is 8.76. The Morgan fingerprint density at radius 3 is 2.14 bits per heavy atom. The van der Waals surface area contributed by atoms with Gasteiger partial charge in [0, 0.05) is 18.4 Å². The van der Waals surface area contributed by atoms with Gasteiger partial charge in [0.05, 0.1) is 15.8 Å². The van der Waals surface area contributed by atoms with Gasteiger partial charge in [-0.2, -0.15) is 13.5 Å². The molecule has 2 aromatic rings. The minimum absolute atomic E-state index is 0.0568. The molecule has 8 nitrogen and oxygen atoms in total. The highest BCUT2D eigenvalue weighted by molar-refractivity contribution is 7.90. The monoisotopic (exact) mass is 524 g/mol. The highest BCUT2D eigenvalue weighted by Crippen LogP contribution is 2.34. The van der Waals surface area contributed by atoms with Crippen LogP contribution in [0.2, 0.25) is 0 Å². The van der Waals surface area contributed by atoms with Crippen LogP contribution in [0.3, 0.4) is 0 Å². The molecule has 1 heterocycles. The maximum Gasteiger partial charge on any atom is 0.313 e. The molecular formula is C25H36N2O6S2. The largest absolute Gasteiger partial charge is 0.361 e. The fourth-order valence-electron chi connectivity index (χ4n) is 3.76. The predicted octanol–water partition coefficient (Wildman–Crippen LogP) is 4.86. The van der Waals surface area contributed by atoms with Crippen molar-refractivity contribution in [2.24, 2.45) is 0 Å². The number of benzene rings is 1. The van der Waals surface area contributed by atoms with E-state index in [2.05, 4.69) is 5.10 Å². The molecule has 194 valence electrons. The zero-order chi connectivity index (χ0) is 26.9. The summed E-state index contributed by atoms with van der Waals surface area (Å²) in [5.74, 6) is -0.582. The molecule has 1 unspecified atom stereocenters. The first-order valence-corrected chi connectivity index (χ1v) is 15.0. The van der Waals surface area contributed by atoms with Crippen molar-refractivity contribution in [1.29, 1.82) is 0 Å². The van der Waals surface area contributed by atoms with Crippen molar-refractivity contribution in [1.82, 2.24) is 9.78 Å². The molecule has 1 aromatic heterocycles. The van der Waals surface area contributed by atoms with Gasteiger partial charge >= 0.3 is 10.1 Å². The number of aromatic nitrogens is 2. The molecule has 2 rings (SSSR count). The molecule has 0 N–H and O–H groups in total. The Bertz CT molecular complexity index is 1380. The van der Waals surface area contributed by atoms with Crippen LogP contribution in [0.25, 0.3) is 5.57 Å². The first kappa shape index (κ1) is 28.8. The van der Waals surface area contributed by atoms with E-state index in [1.54, 1.807) is 27.7 Å². The molecule has 0 bridgehead atoms. The molecule has 0 fully saturated rings. The zero-order valence-corrected chi connectivity index (χ0v) is 23.6. The van der Waals surface area contributed by atoms with Crippen LogP contribution in [0, 0.1) is 13.8 Å². The number of nitrogens with zero attached hydrogens (tertiary/aromatic N) is 2. The number of ketones is 1. The number of hydrogen-bond donors (Lipinski definition) is 0. The summed E-state index contributed by atoms with van der Waals surface area (Å²) in [4.78, 5) is 14.0. The third-order valence-electron chi connectivity index (χ3n) is 6.20. The lowest BCUT2D eigenvalue weighted by Gasteiger charge is -2.18. The second-order valence-electron chi connectivity index (χ2n) is 9.12. The third kappa shape index (κ3) is 5.86. The average Bonchev–Trinajstić information content (AvgIpc) is 3.05. The van der Waals surface area contributed by atoms with Crippen molar-refractivity contribution in [3.05, 3.63) is 45.7 Å². The predicted molar refractivity (Wildman–Crippen MR) is 138 cm³/mol. The summed E-state index contributed by atoms with van der Waals surface area (Å²) in [5, 5.41) is 3.62. The van der Waals surface area contributed by atoms with E-state index in [1.165, 1.54) is 16.8 Å². The first-order valence-electron chi connectivity index (χ1n) is 11.6. The van der Waals surface area contributed by atoms with E-state index in [0.717, 1.165) is 17.4 Å². The van der Waals surface area contributed by atoms with Crippen molar-refractivity contribution in [2.75, 3.05) is 6.26 Å². The quantitative estimate of drug-likeness (QED) is 0.322. The third-order valence-corrected chi connectivity index (χ3v) is 9.05. The van der Waals surface area contributed by atoms with Crippen LogP contribution < -0.4 is 4.18 Å². The number of hydrogen-bond acceptors (Lipinski definition) is 7. The second kappa shape index (κ2) is 10.7. The van der Waals surface area contributed by atoms with Gasteiger partial charge in [-0.3, -0.25) is 4.79 Å². The van der Waals surface area contributed by atoms with Crippen molar-refractivity contribution in [2.45, 2.75) is 84.9 Å². The van der Waals surface area contributed by atoms with Gasteiger partial charge in [0.15, 0.2) is 9.84 Å².